The number of aromatic amines is 1. The van der Waals surface area contributed by atoms with Crippen LogP contribution in [-0.2, 0) is 6.54 Å². The highest BCUT2D eigenvalue weighted by Gasteiger charge is 2.43. The van der Waals surface area contributed by atoms with Crippen molar-refractivity contribution in [2.45, 2.75) is 31.3 Å². The van der Waals surface area contributed by atoms with Gasteiger partial charge in [-0.25, -0.2) is 0 Å². The Hall–Kier alpha value is -1.91. The maximum Gasteiger partial charge on any atom is 0.186 e. The van der Waals surface area contributed by atoms with Crippen LogP contribution < -0.4 is 10.7 Å². The third kappa shape index (κ3) is 2.73. The summed E-state index contributed by atoms with van der Waals surface area (Å²) in [4.78, 5) is 18.4. The minimum atomic E-state index is 0.135. The lowest BCUT2D eigenvalue weighted by molar-refractivity contribution is -0.0106. The molecule has 1 aromatic heterocycles. The minimum absolute atomic E-state index is 0.135. The summed E-state index contributed by atoms with van der Waals surface area (Å²) in [5.74, 6) is 0. The highest BCUT2D eigenvalue weighted by atomic mass is 16.1. The minimum Gasteiger partial charge on any atom is -0.361 e. The van der Waals surface area contributed by atoms with Gasteiger partial charge in [0.15, 0.2) is 5.43 Å². The summed E-state index contributed by atoms with van der Waals surface area (Å²) in [5.41, 5.74) is 3.24. The summed E-state index contributed by atoms with van der Waals surface area (Å²) in [5, 5.41) is 3.51. The molecular formula is C19H23N3O. The molecule has 4 nitrogen and oxygen atoms in total. The van der Waals surface area contributed by atoms with Crippen LogP contribution in [0.5, 0.6) is 0 Å². The Labute approximate surface area is 136 Å². The Morgan fingerprint density at radius 2 is 2.00 bits per heavy atom. The SMILES string of the molecule is O=c1cc(-c2ccccc2)[nH]cc1CN1CCNCC12CCC2. The van der Waals surface area contributed by atoms with E-state index in [0.29, 0.717) is 5.54 Å². The van der Waals surface area contributed by atoms with E-state index in [9.17, 15) is 4.79 Å². The van der Waals surface area contributed by atoms with E-state index in [4.69, 9.17) is 0 Å². The molecule has 1 aromatic carbocycles. The van der Waals surface area contributed by atoms with Crippen LogP contribution in [-0.4, -0.2) is 35.1 Å². The monoisotopic (exact) mass is 309 g/mol. The number of piperazine rings is 1. The summed E-state index contributed by atoms with van der Waals surface area (Å²) >= 11 is 0. The van der Waals surface area contributed by atoms with Gasteiger partial charge >= 0.3 is 0 Å². The van der Waals surface area contributed by atoms with Crippen molar-refractivity contribution < 1.29 is 0 Å². The van der Waals surface area contributed by atoms with E-state index < -0.39 is 0 Å². The molecule has 1 aliphatic heterocycles. The maximum atomic E-state index is 12.5. The van der Waals surface area contributed by atoms with Crippen molar-refractivity contribution in [1.29, 1.82) is 0 Å². The summed E-state index contributed by atoms with van der Waals surface area (Å²) in [7, 11) is 0. The highest BCUT2D eigenvalue weighted by Crippen LogP contribution is 2.38. The van der Waals surface area contributed by atoms with Gasteiger partial charge in [0, 0.05) is 55.2 Å². The topological polar surface area (TPSA) is 48.1 Å². The summed E-state index contributed by atoms with van der Waals surface area (Å²) in [6.45, 7) is 3.86. The standard InChI is InChI=1S/C19H23N3O/c23-18-11-17(15-5-2-1-3-6-15)21-12-16(18)13-22-10-9-20-14-19(22)7-4-8-19/h1-3,5-6,11-12,20H,4,7-10,13-14H2,(H,21,23). The van der Waals surface area contributed by atoms with Crippen LogP contribution in [0.25, 0.3) is 11.3 Å². The average molecular weight is 309 g/mol. The second kappa shape index (κ2) is 5.95. The van der Waals surface area contributed by atoms with E-state index in [-0.39, 0.29) is 5.43 Å². The van der Waals surface area contributed by atoms with Crippen LogP contribution in [0, 0.1) is 0 Å². The Balaban J connectivity index is 1.57. The zero-order valence-electron chi connectivity index (χ0n) is 13.3. The third-order valence-corrected chi connectivity index (χ3v) is 5.41. The smallest absolute Gasteiger partial charge is 0.186 e. The molecule has 0 bridgehead atoms. The second-order valence-electron chi connectivity index (χ2n) is 6.78. The molecule has 0 unspecified atom stereocenters. The van der Waals surface area contributed by atoms with Crippen molar-refractivity contribution in [2.24, 2.45) is 0 Å². The summed E-state index contributed by atoms with van der Waals surface area (Å²) < 4.78 is 0. The quantitative estimate of drug-likeness (QED) is 0.915. The Kier molecular flexibility index (Phi) is 3.79. The average Bonchev–Trinajstić information content (AvgIpc) is 2.56. The van der Waals surface area contributed by atoms with Gasteiger partial charge < -0.3 is 10.3 Å². The molecule has 23 heavy (non-hydrogen) atoms. The van der Waals surface area contributed by atoms with Gasteiger partial charge in [-0.15, -0.1) is 0 Å². The number of pyridine rings is 1. The van der Waals surface area contributed by atoms with E-state index in [0.717, 1.165) is 43.0 Å². The van der Waals surface area contributed by atoms with Gasteiger partial charge in [0.2, 0.25) is 0 Å². The van der Waals surface area contributed by atoms with Gasteiger partial charge in [-0.2, -0.15) is 0 Å². The van der Waals surface area contributed by atoms with Crippen LogP contribution in [0.2, 0.25) is 0 Å². The predicted octanol–water partition coefficient (Wildman–Crippen LogP) is 2.37. The fraction of sp³-hybridized carbons (Fsp3) is 0.421. The zero-order chi connectivity index (χ0) is 15.7. The van der Waals surface area contributed by atoms with Gasteiger partial charge in [-0.3, -0.25) is 9.69 Å². The van der Waals surface area contributed by atoms with Gasteiger partial charge in [0.1, 0.15) is 0 Å². The molecule has 120 valence electrons. The van der Waals surface area contributed by atoms with Crippen molar-refractivity contribution in [3.8, 4) is 11.3 Å². The van der Waals surface area contributed by atoms with E-state index in [1.165, 1.54) is 19.3 Å². The van der Waals surface area contributed by atoms with Crippen LogP contribution in [0.4, 0.5) is 0 Å². The van der Waals surface area contributed by atoms with Gasteiger partial charge in [0.05, 0.1) is 0 Å². The fourth-order valence-corrected chi connectivity index (χ4v) is 3.82. The van der Waals surface area contributed by atoms with Crippen molar-refractivity contribution >= 4 is 0 Å². The normalized spacial score (nSPS) is 20.3. The van der Waals surface area contributed by atoms with E-state index >= 15 is 0 Å². The largest absolute Gasteiger partial charge is 0.361 e. The van der Waals surface area contributed by atoms with E-state index in [1.807, 2.05) is 36.5 Å². The zero-order valence-corrected chi connectivity index (χ0v) is 13.3. The fourth-order valence-electron chi connectivity index (χ4n) is 3.82. The second-order valence-corrected chi connectivity index (χ2v) is 6.78. The molecule has 4 heteroatoms. The van der Waals surface area contributed by atoms with Gasteiger partial charge in [-0.1, -0.05) is 30.3 Å². The van der Waals surface area contributed by atoms with Crippen molar-refractivity contribution in [3.63, 3.8) is 0 Å². The van der Waals surface area contributed by atoms with E-state index in [2.05, 4.69) is 15.2 Å². The Morgan fingerprint density at radius 1 is 1.17 bits per heavy atom. The number of aromatic nitrogens is 1. The molecule has 2 aliphatic rings. The van der Waals surface area contributed by atoms with Crippen LogP contribution >= 0.6 is 0 Å². The van der Waals surface area contributed by atoms with Gasteiger partial charge in [-0.05, 0) is 24.8 Å². The lowest BCUT2D eigenvalue weighted by atomic mass is 9.74. The molecule has 0 radical (unpaired) electrons. The first-order valence-corrected chi connectivity index (χ1v) is 8.50. The molecule has 4 rings (SSSR count). The Morgan fingerprint density at radius 3 is 2.70 bits per heavy atom. The first-order valence-electron chi connectivity index (χ1n) is 8.50. The number of nitrogens with one attached hydrogen (secondary N) is 2. The number of rotatable bonds is 3. The highest BCUT2D eigenvalue weighted by molar-refractivity contribution is 5.58. The number of H-pyrrole nitrogens is 1. The molecule has 0 amide bonds. The number of benzene rings is 1. The summed E-state index contributed by atoms with van der Waals surface area (Å²) in [6, 6.07) is 11.7. The van der Waals surface area contributed by atoms with Crippen LogP contribution in [0.3, 0.4) is 0 Å². The molecule has 1 aliphatic carbocycles. The van der Waals surface area contributed by atoms with Crippen molar-refractivity contribution in [2.75, 3.05) is 19.6 Å². The molecule has 1 spiro atoms. The molecule has 2 heterocycles. The van der Waals surface area contributed by atoms with E-state index in [1.54, 1.807) is 6.07 Å². The maximum absolute atomic E-state index is 12.5. The first-order chi connectivity index (χ1) is 11.3. The molecular weight excluding hydrogens is 286 g/mol. The lowest BCUT2D eigenvalue weighted by Gasteiger charge is -2.53. The van der Waals surface area contributed by atoms with Crippen molar-refractivity contribution in [3.05, 3.63) is 58.4 Å². The lowest BCUT2D eigenvalue weighted by Crippen LogP contribution is -2.64. The molecule has 2 N–H and O–H groups in total. The molecule has 1 saturated carbocycles. The van der Waals surface area contributed by atoms with Crippen molar-refractivity contribution in [1.82, 2.24) is 15.2 Å². The molecule has 2 fully saturated rings. The molecule has 1 saturated heterocycles. The number of nitrogens with zero attached hydrogens (tertiary/aromatic N) is 1. The third-order valence-electron chi connectivity index (χ3n) is 5.41. The predicted molar refractivity (Wildman–Crippen MR) is 92.4 cm³/mol. The van der Waals surface area contributed by atoms with Gasteiger partial charge in [0.25, 0.3) is 0 Å². The van der Waals surface area contributed by atoms with Crippen LogP contribution in [0.15, 0.2) is 47.4 Å². The first kappa shape index (κ1) is 14.7. The summed E-state index contributed by atoms with van der Waals surface area (Å²) in [6.07, 6.45) is 5.71. The molecule has 0 atom stereocenters. The number of hydrogen-bond donors (Lipinski definition) is 2. The van der Waals surface area contributed by atoms with Crippen LogP contribution in [0.1, 0.15) is 24.8 Å². The Bertz CT molecular complexity index is 734. The number of hydrogen-bond acceptors (Lipinski definition) is 3. The molecule has 2 aromatic rings.